The van der Waals surface area contributed by atoms with Crippen molar-refractivity contribution in [2.45, 2.75) is 27.2 Å². The molecule has 1 unspecified atom stereocenters. The van der Waals surface area contributed by atoms with E-state index in [0.29, 0.717) is 6.42 Å². The number of allylic oxidation sites excluding steroid dienone is 2. The summed E-state index contributed by atoms with van der Waals surface area (Å²) in [5.41, 5.74) is -0.575. The first-order valence-electron chi connectivity index (χ1n) is 4.88. The summed E-state index contributed by atoms with van der Waals surface area (Å²) in [7, 11) is 0. The molecule has 1 N–H and O–H groups in total. The average molecular weight is 275 g/mol. The monoisotopic (exact) mass is 274 g/mol. The summed E-state index contributed by atoms with van der Waals surface area (Å²) in [6, 6.07) is 0. The Kier molecular flexibility index (Phi) is 3.38. The average Bonchev–Trinajstić information content (AvgIpc) is 2.14. The Labute approximate surface area is 97.7 Å². The SMILES string of the molecule is CC1CC(C)(C)C(=O)C(C(=O)CBr)=C1O. The molecule has 0 heterocycles. The number of halogens is 1. The van der Waals surface area contributed by atoms with E-state index in [2.05, 4.69) is 15.9 Å². The molecule has 0 aromatic rings. The van der Waals surface area contributed by atoms with Gasteiger partial charge < -0.3 is 5.11 Å². The van der Waals surface area contributed by atoms with E-state index in [1.165, 1.54) is 0 Å². The number of Topliss-reactive ketones (excluding diaryl/α,β-unsaturated/α-hetero) is 2. The lowest BCUT2D eigenvalue weighted by Gasteiger charge is -2.32. The number of aliphatic hydroxyl groups excluding tert-OH is 1. The number of ketones is 2. The van der Waals surface area contributed by atoms with Crippen molar-refractivity contribution >= 4 is 27.5 Å². The van der Waals surface area contributed by atoms with Gasteiger partial charge >= 0.3 is 0 Å². The second-order valence-electron chi connectivity index (χ2n) is 4.64. The van der Waals surface area contributed by atoms with Gasteiger partial charge in [-0.1, -0.05) is 36.7 Å². The molecule has 1 aliphatic carbocycles. The minimum absolute atomic E-state index is 0.0179. The zero-order valence-corrected chi connectivity index (χ0v) is 10.7. The van der Waals surface area contributed by atoms with Gasteiger partial charge in [-0.25, -0.2) is 0 Å². The maximum Gasteiger partial charge on any atom is 0.180 e. The molecule has 0 saturated carbocycles. The van der Waals surface area contributed by atoms with Crippen molar-refractivity contribution in [2.24, 2.45) is 11.3 Å². The van der Waals surface area contributed by atoms with Crippen LogP contribution >= 0.6 is 15.9 Å². The molecule has 0 fully saturated rings. The van der Waals surface area contributed by atoms with Crippen molar-refractivity contribution in [3.63, 3.8) is 0 Å². The first-order valence-corrected chi connectivity index (χ1v) is 6.00. The van der Waals surface area contributed by atoms with Gasteiger partial charge in [-0.2, -0.15) is 0 Å². The fourth-order valence-corrected chi connectivity index (χ4v) is 2.27. The van der Waals surface area contributed by atoms with Crippen LogP contribution in [0.4, 0.5) is 0 Å². The molecule has 0 aromatic heterocycles. The van der Waals surface area contributed by atoms with E-state index in [1.807, 2.05) is 6.92 Å². The molecule has 84 valence electrons. The van der Waals surface area contributed by atoms with Crippen molar-refractivity contribution in [3.05, 3.63) is 11.3 Å². The summed E-state index contributed by atoms with van der Waals surface area (Å²) >= 11 is 3.02. The van der Waals surface area contributed by atoms with E-state index in [-0.39, 0.29) is 34.1 Å². The summed E-state index contributed by atoms with van der Waals surface area (Å²) in [5.74, 6) is -0.765. The highest BCUT2D eigenvalue weighted by Gasteiger charge is 2.41. The van der Waals surface area contributed by atoms with Crippen LogP contribution in [-0.4, -0.2) is 22.0 Å². The Bertz CT molecular complexity index is 342. The normalized spacial score (nSPS) is 25.6. The fraction of sp³-hybridized carbons (Fsp3) is 0.636. The Hall–Kier alpha value is -0.640. The van der Waals surface area contributed by atoms with Gasteiger partial charge in [0.05, 0.1) is 10.9 Å². The number of aliphatic hydroxyl groups is 1. The van der Waals surface area contributed by atoms with Crippen molar-refractivity contribution in [3.8, 4) is 0 Å². The number of carbonyl (C=O) groups is 2. The third-order valence-electron chi connectivity index (χ3n) is 2.78. The number of rotatable bonds is 2. The van der Waals surface area contributed by atoms with Crippen LogP contribution in [0.3, 0.4) is 0 Å². The molecular formula is C11H15BrO3. The maximum atomic E-state index is 11.9. The van der Waals surface area contributed by atoms with Gasteiger partial charge in [-0.05, 0) is 6.42 Å². The van der Waals surface area contributed by atoms with Crippen molar-refractivity contribution in [1.29, 1.82) is 0 Å². The second-order valence-corrected chi connectivity index (χ2v) is 5.20. The van der Waals surface area contributed by atoms with Crippen LogP contribution in [0.1, 0.15) is 27.2 Å². The van der Waals surface area contributed by atoms with Crippen LogP contribution in [0.25, 0.3) is 0 Å². The second kappa shape index (κ2) is 4.08. The van der Waals surface area contributed by atoms with Crippen LogP contribution in [0.15, 0.2) is 11.3 Å². The van der Waals surface area contributed by atoms with Crippen LogP contribution in [0.5, 0.6) is 0 Å². The zero-order chi connectivity index (χ0) is 11.8. The van der Waals surface area contributed by atoms with E-state index in [9.17, 15) is 14.7 Å². The molecule has 0 radical (unpaired) electrons. The third-order valence-corrected chi connectivity index (χ3v) is 3.29. The minimum atomic E-state index is -0.557. The molecule has 15 heavy (non-hydrogen) atoms. The minimum Gasteiger partial charge on any atom is -0.511 e. The Morgan fingerprint density at radius 2 is 2.13 bits per heavy atom. The van der Waals surface area contributed by atoms with Gasteiger partial charge in [0.2, 0.25) is 0 Å². The predicted octanol–water partition coefficient (Wildman–Crippen LogP) is 2.40. The summed E-state index contributed by atoms with van der Waals surface area (Å²) in [6.45, 7) is 5.44. The van der Waals surface area contributed by atoms with E-state index in [4.69, 9.17) is 0 Å². The molecule has 0 aromatic carbocycles. The van der Waals surface area contributed by atoms with Gasteiger partial charge in [0, 0.05) is 11.3 Å². The Morgan fingerprint density at radius 1 is 1.60 bits per heavy atom. The molecule has 1 rings (SSSR count). The van der Waals surface area contributed by atoms with Gasteiger partial charge in [0.15, 0.2) is 11.6 Å². The highest BCUT2D eigenvalue weighted by molar-refractivity contribution is 9.09. The summed E-state index contributed by atoms with van der Waals surface area (Å²) in [4.78, 5) is 23.5. The largest absolute Gasteiger partial charge is 0.511 e. The molecule has 0 bridgehead atoms. The van der Waals surface area contributed by atoms with Gasteiger partial charge in [-0.3, -0.25) is 9.59 Å². The van der Waals surface area contributed by atoms with Crippen LogP contribution < -0.4 is 0 Å². The molecular weight excluding hydrogens is 260 g/mol. The molecule has 0 aliphatic heterocycles. The van der Waals surface area contributed by atoms with Crippen molar-refractivity contribution in [2.75, 3.05) is 5.33 Å². The van der Waals surface area contributed by atoms with E-state index < -0.39 is 5.41 Å². The number of hydrogen-bond acceptors (Lipinski definition) is 3. The van der Waals surface area contributed by atoms with Crippen LogP contribution in [-0.2, 0) is 9.59 Å². The maximum absolute atomic E-state index is 11.9. The van der Waals surface area contributed by atoms with E-state index >= 15 is 0 Å². The Balaban J connectivity index is 3.24. The standard InChI is InChI=1S/C11H15BrO3/c1-6-4-11(2,3)10(15)8(9(6)14)7(13)5-12/h6,14H,4-5H2,1-3H3. The van der Waals surface area contributed by atoms with Gasteiger partial charge in [0.1, 0.15) is 5.76 Å². The lowest BCUT2D eigenvalue weighted by Crippen LogP contribution is -2.37. The number of alkyl halides is 1. The first-order chi connectivity index (χ1) is 6.81. The molecule has 0 saturated heterocycles. The van der Waals surface area contributed by atoms with Crippen LogP contribution in [0.2, 0.25) is 0 Å². The molecule has 4 heteroatoms. The third kappa shape index (κ3) is 2.14. The molecule has 0 spiro atoms. The molecule has 1 aliphatic rings. The number of carbonyl (C=O) groups excluding carboxylic acids is 2. The van der Waals surface area contributed by atoms with Crippen molar-refractivity contribution in [1.82, 2.24) is 0 Å². The molecule has 3 nitrogen and oxygen atoms in total. The lowest BCUT2D eigenvalue weighted by atomic mass is 9.70. The van der Waals surface area contributed by atoms with E-state index in [0.717, 1.165) is 0 Å². The van der Waals surface area contributed by atoms with Gasteiger partial charge in [-0.15, -0.1) is 0 Å². The van der Waals surface area contributed by atoms with Crippen molar-refractivity contribution < 1.29 is 14.7 Å². The fourth-order valence-electron chi connectivity index (χ4n) is 1.99. The quantitative estimate of drug-likeness (QED) is 0.622. The topological polar surface area (TPSA) is 54.4 Å². The lowest BCUT2D eigenvalue weighted by molar-refractivity contribution is -0.128. The smallest absolute Gasteiger partial charge is 0.180 e. The van der Waals surface area contributed by atoms with E-state index in [1.54, 1.807) is 13.8 Å². The summed E-state index contributed by atoms with van der Waals surface area (Å²) < 4.78 is 0. The van der Waals surface area contributed by atoms with Gasteiger partial charge in [0.25, 0.3) is 0 Å². The molecule has 0 amide bonds. The summed E-state index contributed by atoms with van der Waals surface area (Å²) in [5, 5.41) is 9.83. The summed E-state index contributed by atoms with van der Waals surface area (Å²) in [6.07, 6.45) is 0.580. The Morgan fingerprint density at radius 3 is 2.60 bits per heavy atom. The zero-order valence-electron chi connectivity index (χ0n) is 9.13. The van der Waals surface area contributed by atoms with Crippen LogP contribution in [0, 0.1) is 11.3 Å². The number of hydrogen-bond donors (Lipinski definition) is 1. The highest BCUT2D eigenvalue weighted by atomic mass is 79.9. The highest BCUT2D eigenvalue weighted by Crippen LogP contribution is 2.38. The first kappa shape index (κ1) is 12.4. The molecule has 1 atom stereocenters. The predicted molar refractivity (Wildman–Crippen MR) is 61.0 cm³/mol.